The van der Waals surface area contributed by atoms with Crippen molar-refractivity contribution >= 4 is 22.6 Å². The maximum absolute atomic E-state index is 13.0. The Morgan fingerprint density at radius 1 is 0.963 bits per heavy atom. The van der Waals surface area contributed by atoms with Crippen molar-refractivity contribution in [2.45, 2.75) is 57.3 Å². The van der Waals surface area contributed by atoms with Crippen molar-refractivity contribution in [1.29, 1.82) is 0 Å². The third kappa shape index (κ3) is 4.11. The lowest BCUT2D eigenvalue weighted by Gasteiger charge is -2.32. The van der Waals surface area contributed by atoms with E-state index in [0.717, 1.165) is 11.1 Å². The van der Waals surface area contributed by atoms with Gasteiger partial charge in [-0.3, -0.25) is 0 Å². The second-order valence-corrected chi connectivity index (χ2v) is 9.68. The number of sulfonamides is 1. The Kier molecular flexibility index (Phi) is 5.25. The Labute approximate surface area is 162 Å². The van der Waals surface area contributed by atoms with E-state index in [1.54, 1.807) is 12.1 Å². The van der Waals surface area contributed by atoms with Crippen LogP contribution in [0.15, 0.2) is 53.4 Å². The van der Waals surface area contributed by atoms with Crippen molar-refractivity contribution in [2.75, 3.05) is 0 Å². The summed E-state index contributed by atoms with van der Waals surface area (Å²) in [4.78, 5) is 0.183. The van der Waals surface area contributed by atoms with E-state index in [-0.39, 0.29) is 11.4 Å². The molecule has 0 saturated carbocycles. The van der Waals surface area contributed by atoms with Gasteiger partial charge in [0, 0.05) is 12.0 Å². The fourth-order valence-electron chi connectivity index (χ4n) is 2.92. The lowest BCUT2D eigenvalue weighted by atomic mass is 9.78. The molecule has 1 saturated heterocycles. The second kappa shape index (κ2) is 7.06. The third-order valence-corrected chi connectivity index (χ3v) is 6.75. The number of nitrogens with one attached hydrogen (secondary N) is 1. The van der Waals surface area contributed by atoms with Crippen LogP contribution in [0, 0.1) is 6.92 Å². The lowest BCUT2D eigenvalue weighted by molar-refractivity contribution is 0.00578. The van der Waals surface area contributed by atoms with Crippen LogP contribution >= 0.6 is 0 Å². The fourth-order valence-corrected chi connectivity index (χ4v) is 4.14. The topological polar surface area (TPSA) is 64.6 Å². The smallest absolute Gasteiger partial charge is 0.399 e. The number of aryl methyl sites for hydroxylation is 1. The summed E-state index contributed by atoms with van der Waals surface area (Å²) in [6, 6.07) is 14.6. The number of hydrogen-bond donors (Lipinski definition) is 1. The molecule has 0 radical (unpaired) electrons. The van der Waals surface area contributed by atoms with Gasteiger partial charge in [-0.2, -0.15) is 0 Å². The normalized spacial score (nSPS) is 18.6. The van der Waals surface area contributed by atoms with Crippen molar-refractivity contribution in [2.24, 2.45) is 0 Å². The molecule has 0 aromatic heterocycles. The highest BCUT2D eigenvalue weighted by Gasteiger charge is 2.52. The number of hydrogen-bond acceptors (Lipinski definition) is 4. The third-order valence-electron chi connectivity index (χ3n) is 5.27. The fraction of sp³-hybridized carbons (Fsp3) is 0.400. The molecule has 1 fully saturated rings. The van der Waals surface area contributed by atoms with Gasteiger partial charge in [0.15, 0.2) is 0 Å². The van der Waals surface area contributed by atoms with E-state index in [1.165, 1.54) is 0 Å². The second-order valence-electron chi connectivity index (χ2n) is 7.94. The Balaban J connectivity index is 1.92. The minimum absolute atomic E-state index is 0.183. The first-order chi connectivity index (χ1) is 12.5. The molecule has 5 nitrogen and oxygen atoms in total. The van der Waals surface area contributed by atoms with Crippen molar-refractivity contribution in [1.82, 2.24) is 4.72 Å². The predicted octanol–water partition coefficient (Wildman–Crippen LogP) is 2.77. The maximum Gasteiger partial charge on any atom is 0.496 e. The quantitative estimate of drug-likeness (QED) is 0.802. The molecule has 27 heavy (non-hydrogen) atoms. The predicted molar refractivity (Wildman–Crippen MR) is 107 cm³/mol. The van der Waals surface area contributed by atoms with E-state index in [1.807, 2.05) is 71.0 Å². The van der Waals surface area contributed by atoms with Gasteiger partial charge < -0.3 is 9.31 Å². The molecule has 2 aromatic carbocycles. The van der Waals surface area contributed by atoms with Crippen LogP contribution in [-0.2, 0) is 25.9 Å². The molecule has 1 aliphatic rings. The molecule has 1 aliphatic heterocycles. The van der Waals surface area contributed by atoms with E-state index >= 15 is 0 Å². The maximum atomic E-state index is 13.0. The minimum Gasteiger partial charge on any atom is -0.399 e. The molecule has 0 aliphatic carbocycles. The van der Waals surface area contributed by atoms with Crippen LogP contribution in [-0.4, -0.2) is 26.7 Å². The number of rotatable bonds is 5. The van der Waals surface area contributed by atoms with E-state index in [2.05, 4.69) is 4.72 Å². The summed E-state index contributed by atoms with van der Waals surface area (Å²) in [5.74, 6) is 0. The van der Waals surface area contributed by atoms with E-state index in [4.69, 9.17) is 9.31 Å². The summed E-state index contributed by atoms with van der Waals surface area (Å²) < 4.78 is 40.8. The molecular weight excluding hydrogens is 361 g/mol. The van der Waals surface area contributed by atoms with Gasteiger partial charge in [-0.25, -0.2) is 13.1 Å². The van der Waals surface area contributed by atoms with E-state index in [9.17, 15) is 8.42 Å². The average molecular weight is 387 g/mol. The number of benzene rings is 2. The summed E-state index contributed by atoms with van der Waals surface area (Å²) >= 11 is 0. The molecule has 2 aromatic rings. The average Bonchev–Trinajstić information content (AvgIpc) is 2.81. The summed E-state index contributed by atoms with van der Waals surface area (Å²) in [5.41, 5.74) is 1.28. The first-order valence-corrected chi connectivity index (χ1v) is 10.5. The van der Waals surface area contributed by atoms with Crippen molar-refractivity contribution in [3.63, 3.8) is 0 Å². The van der Waals surface area contributed by atoms with Crippen molar-refractivity contribution < 1.29 is 17.7 Å². The molecule has 144 valence electrons. The largest absolute Gasteiger partial charge is 0.496 e. The monoisotopic (exact) mass is 387 g/mol. The van der Waals surface area contributed by atoms with Crippen LogP contribution in [0.3, 0.4) is 0 Å². The first kappa shape index (κ1) is 20.1. The lowest BCUT2D eigenvalue weighted by Crippen LogP contribution is -2.41. The van der Waals surface area contributed by atoms with Crippen LogP contribution in [0.1, 0.15) is 38.8 Å². The summed E-state index contributed by atoms with van der Waals surface area (Å²) in [5, 5.41) is 0. The highest BCUT2D eigenvalue weighted by molar-refractivity contribution is 7.89. The van der Waals surface area contributed by atoms with Crippen LogP contribution in [0.5, 0.6) is 0 Å². The highest BCUT2D eigenvalue weighted by Crippen LogP contribution is 2.37. The molecule has 1 heterocycles. The minimum atomic E-state index is -3.73. The van der Waals surface area contributed by atoms with Gasteiger partial charge in [0.05, 0.1) is 16.1 Å². The van der Waals surface area contributed by atoms with Gasteiger partial charge in [0.1, 0.15) is 0 Å². The Bertz CT molecular complexity index is 910. The van der Waals surface area contributed by atoms with Crippen LogP contribution in [0.4, 0.5) is 0 Å². The Morgan fingerprint density at radius 3 is 2.15 bits per heavy atom. The van der Waals surface area contributed by atoms with Gasteiger partial charge >= 0.3 is 7.12 Å². The van der Waals surface area contributed by atoms with Gasteiger partial charge in [0.2, 0.25) is 10.0 Å². The standard InChI is InChI=1S/C20H26BNO4S/c1-15-11-12-18(27(23,24)22-14-16-9-7-6-8-10-16)17(13-15)21-25-19(2,3)20(4,5)26-21/h6-13,22H,14H2,1-5H3. The van der Waals surface area contributed by atoms with Crippen LogP contribution in [0.25, 0.3) is 0 Å². The summed E-state index contributed by atoms with van der Waals surface area (Å²) in [7, 11) is -4.47. The molecule has 0 atom stereocenters. The summed E-state index contributed by atoms with van der Waals surface area (Å²) in [6.45, 7) is 9.94. The molecule has 0 bridgehead atoms. The van der Waals surface area contributed by atoms with Gasteiger partial charge in [-0.15, -0.1) is 0 Å². The van der Waals surface area contributed by atoms with Crippen molar-refractivity contribution in [3.05, 3.63) is 59.7 Å². The van der Waals surface area contributed by atoms with E-state index in [0.29, 0.717) is 5.46 Å². The molecule has 3 rings (SSSR count). The summed E-state index contributed by atoms with van der Waals surface area (Å²) in [6.07, 6.45) is 0. The molecule has 0 amide bonds. The van der Waals surface area contributed by atoms with Crippen LogP contribution < -0.4 is 10.2 Å². The Hall–Kier alpha value is -1.67. The molecule has 7 heteroatoms. The molecule has 1 N–H and O–H groups in total. The van der Waals surface area contributed by atoms with Gasteiger partial charge in [-0.1, -0.05) is 48.0 Å². The molecule has 0 unspecified atom stereocenters. The van der Waals surface area contributed by atoms with E-state index < -0.39 is 28.3 Å². The molecule has 0 spiro atoms. The SMILES string of the molecule is Cc1ccc(S(=O)(=O)NCc2ccccc2)c(B2OC(C)(C)C(C)(C)O2)c1. The zero-order valence-corrected chi connectivity index (χ0v) is 17.3. The van der Waals surface area contributed by atoms with Crippen molar-refractivity contribution in [3.8, 4) is 0 Å². The zero-order chi connectivity index (χ0) is 19.9. The Morgan fingerprint density at radius 2 is 1.56 bits per heavy atom. The highest BCUT2D eigenvalue weighted by atomic mass is 32.2. The molecular formula is C20H26BNO4S. The van der Waals surface area contributed by atoms with Gasteiger partial charge in [0.25, 0.3) is 0 Å². The van der Waals surface area contributed by atoms with Gasteiger partial charge in [-0.05, 0) is 46.2 Å². The first-order valence-electron chi connectivity index (χ1n) is 9.02. The van der Waals surface area contributed by atoms with Crippen LogP contribution in [0.2, 0.25) is 0 Å². The zero-order valence-electron chi connectivity index (χ0n) is 16.4.